The first-order valence-electron chi connectivity index (χ1n) is 4.38. The average molecular weight is 202 g/mol. The van der Waals surface area contributed by atoms with Crippen LogP contribution in [0.5, 0.6) is 0 Å². The molecule has 1 N–H and O–H groups in total. The van der Waals surface area contributed by atoms with Crippen LogP contribution in [0.25, 0.3) is 0 Å². The standard InChI is InChI=1S/C10H18O2S/c1-5-6-8(11)7-9(12)13-10(2,3)4/h5-6,8,11H,7H2,1-4H3/b6-5+/t8-/m0/s1. The lowest BCUT2D eigenvalue weighted by Crippen LogP contribution is -2.15. The van der Waals surface area contributed by atoms with Crippen molar-refractivity contribution in [3.63, 3.8) is 0 Å². The Morgan fingerprint density at radius 2 is 2.08 bits per heavy atom. The molecule has 0 heterocycles. The van der Waals surface area contributed by atoms with Gasteiger partial charge in [0.05, 0.1) is 6.10 Å². The summed E-state index contributed by atoms with van der Waals surface area (Å²) in [4.78, 5) is 11.3. The van der Waals surface area contributed by atoms with Crippen LogP contribution in [0.4, 0.5) is 0 Å². The number of rotatable bonds is 3. The van der Waals surface area contributed by atoms with E-state index in [2.05, 4.69) is 0 Å². The summed E-state index contributed by atoms with van der Waals surface area (Å²) in [5.41, 5.74) is 0. The molecule has 0 aliphatic rings. The Balaban J connectivity index is 3.88. The van der Waals surface area contributed by atoms with Gasteiger partial charge in [-0.2, -0.15) is 0 Å². The van der Waals surface area contributed by atoms with E-state index in [4.69, 9.17) is 0 Å². The van der Waals surface area contributed by atoms with Crippen molar-refractivity contribution in [3.05, 3.63) is 12.2 Å². The van der Waals surface area contributed by atoms with Gasteiger partial charge in [-0.25, -0.2) is 0 Å². The van der Waals surface area contributed by atoms with Gasteiger partial charge in [0.1, 0.15) is 0 Å². The Bertz CT molecular complexity index is 192. The first-order chi connectivity index (χ1) is 5.85. The fourth-order valence-electron chi connectivity index (χ4n) is 0.844. The summed E-state index contributed by atoms with van der Waals surface area (Å²) in [6, 6.07) is 0. The summed E-state index contributed by atoms with van der Waals surface area (Å²) < 4.78 is -0.0628. The van der Waals surface area contributed by atoms with Gasteiger partial charge in [0.2, 0.25) is 0 Å². The summed E-state index contributed by atoms with van der Waals surface area (Å²) in [5.74, 6) is 0. The summed E-state index contributed by atoms with van der Waals surface area (Å²) >= 11 is 1.28. The maximum absolute atomic E-state index is 11.3. The Labute approximate surface area is 84.4 Å². The largest absolute Gasteiger partial charge is 0.389 e. The molecule has 1 atom stereocenters. The molecule has 0 aromatic carbocycles. The van der Waals surface area contributed by atoms with Crippen LogP contribution < -0.4 is 0 Å². The van der Waals surface area contributed by atoms with Gasteiger partial charge in [-0.05, 0) is 6.92 Å². The topological polar surface area (TPSA) is 37.3 Å². The Hall–Kier alpha value is -0.280. The molecular weight excluding hydrogens is 184 g/mol. The Morgan fingerprint density at radius 1 is 1.54 bits per heavy atom. The zero-order chi connectivity index (χ0) is 10.5. The molecule has 0 saturated carbocycles. The van der Waals surface area contributed by atoms with E-state index in [1.165, 1.54) is 11.8 Å². The summed E-state index contributed by atoms with van der Waals surface area (Å²) in [6.45, 7) is 7.78. The van der Waals surface area contributed by atoms with Crippen LogP contribution in [0, 0.1) is 0 Å². The predicted octanol–water partition coefficient (Wildman–Crippen LogP) is 2.37. The number of aliphatic hydroxyl groups is 1. The monoisotopic (exact) mass is 202 g/mol. The zero-order valence-corrected chi connectivity index (χ0v) is 9.52. The molecule has 0 fully saturated rings. The van der Waals surface area contributed by atoms with Crippen molar-refractivity contribution in [1.29, 1.82) is 0 Å². The maximum atomic E-state index is 11.3. The highest BCUT2D eigenvalue weighted by Crippen LogP contribution is 2.25. The number of allylic oxidation sites excluding steroid dienone is 1. The third-order valence-electron chi connectivity index (χ3n) is 1.21. The van der Waals surface area contributed by atoms with Crippen LogP contribution in [-0.2, 0) is 4.79 Å². The van der Waals surface area contributed by atoms with E-state index in [-0.39, 0.29) is 16.3 Å². The molecule has 76 valence electrons. The fourth-order valence-corrected chi connectivity index (χ4v) is 1.78. The van der Waals surface area contributed by atoms with Crippen LogP contribution in [0.15, 0.2) is 12.2 Å². The van der Waals surface area contributed by atoms with Crippen molar-refractivity contribution in [3.8, 4) is 0 Å². The number of hydrogen-bond acceptors (Lipinski definition) is 3. The van der Waals surface area contributed by atoms with Crippen LogP contribution in [0.3, 0.4) is 0 Å². The van der Waals surface area contributed by atoms with Crippen molar-refractivity contribution < 1.29 is 9.90 Å². The molecular formula is C10H18O2S. The van der Waals surface area contributed by atoms with Crippen LogP contribution >= 0.6 is 11.8 Å². The van der Waals surface area contributed by atoms with Gasteiger partial charge in [0, 0.05) is 11.2 Å². The van der Waals surface area contributed by atoms with Gasteiger partial charge in [0.25, 0.3) is 0 Å². The highest BCUT2D eigenvalue weighted by atomic mass is 32.2. The molecule has 0 aliphatic heterocycles. The van der Waals surface area contributed by atoms with Crippen LogP contribution in [0.1, 0.15) is 34.1 Å². The normalized spacial score (nSPS) is 14.8. The highest BCUT2D eigenvalue weighted by Gasteiger charge is 2.18. The number of thioether (sulfide) groups is 1. The predicted molar refractivity (Wildman–Crippen MR) is 57.8 cm³/mol. The Kier molecular flexibility index (Phi) is 5.33. The minimum Gasteiger partial charge on any atom is -0.389 e. The number of aliphatic hydroxyl groups excluding tert-OH is 1. The Morgan fingerprint density at radius 3 is 2.46 bits per heavy atom. The fraction of sp³-hybridized carbons (Fsp3) is 0.700. The lowest BCUT2D eigenvalue weighted by molar-refractivity contribution is -0.112. The molecule has 13 heavy (non-hydrogen) atoms. The maximum Gasteiger partial charge on any atom is 0.192 e. The first kappa shape index (κ1) is 12.7. The average Bonchev–Trinajstić information content (AvgIpc) is 1.81. The molecule has 0 unspecified atom stereocenters. The summed E-state index contributed by atoms with van der Waals surface area (Å²) in [7, 11) is 0. The molecule has 3 heteroatoms. The molecule has 0 spiro atoms. The molecule has 0 aliphatic carbocycles. The van der Waals surface area contributed by atoms with E-state index in [0.717, 1.165) is 0 Å². The van der Waals surface area contributed by atoms with Gasteiger partial charge in [-0.1, -0.05) is 44.7 Å². The van der Waals surface area contributed by atoms with E-state index in [1.54, 1.807) is 12.2 Å². The zero-order valence-electron chi connectivity index (χ0n) is 8.70. The number of carbonyl (C=O) groups is 1. The van der Waals surface area contributed by atoms with Crippen LogP contribution in [0.2, 0.25) is 0 Å². The van der Waals surface area contributed by atoms with E-state index in [1.807, 2.05) is 27.7 Å². The van der Waals surface area contributed by atoms with Crippen molar-refractivity contribution in [2.75, 3.05) is 0 Å². The first-order valence-corrected chi connectivity index (χ1v) is 5.19. The number of hydrogen-bond donors (Lipinski definition) is 1. The molecule has 0 radical (unpaired) electrons. The SMILES string of the molecule is C/C=C/[C@H](O)CC(=O)SC(C)(C)C. The minimum absolute atomic E-state index is 0.0399. The van der Waals surface area contributed by atoms with Crippen molar-refractivity contribution in [2.45, 2.75) is 45.0 Å². The van der Waals surface area contributed by atoms with Crippen molar-refractivity contribution in [2.24, 2.45) is 0 Å². The third kappa shape index (κ3) is 8.06. The van der Waals surface area contributed by atoms with E-state index < -0.39 is 6.10 Å². The highest BCUT2D eigenvalue weighted by molar-refractivity contribution is 8.14. The van der Waals surface area contributed by atoms with Crippen molar-refractivity contribution in [1.82, 2.24) is 0 Å². The lowest BCUT2D eigenvalue weighted by atomic mass is 10.2. The quantitative estimate of drug-likeness (QED) is 0.714. The van der Waals surface area contributed by atoms with E-state index in [0.29, 0.717) is 0 Å². The van der Waals surface area contributed by atoms with Crippen LogP contribution in [-0.4, -0.2) is 21.1 Å². The molecule has 0 amide bonds. The van der Waals surface area contributed by atoms with Gasteiger partial charge >= 0.3 is 0 Å². The van der Waals surface area contributed by atoms with Crippen molar-refractivity contribution >= 4 is 16.9 Å². The molecule has 0 rings (SSSR count). The van der Waals surface area contributed by atoms with E-state index >= 15 is 0 Å². The second-order valence-electron chi connectivity index (χ2n) is 3.88. The van der Waals surface area contributed by atoms with E-state index in [9.17, 15) is 9.90 Å². The molecule has 0 aromatic rings. The summed E-state index contributed by atoms with van der Waals surface area (Å²) in [5, 5.41) is 9.34. The molecule has 0 aromatic heterocycles. The smallest absolute Gasteiger partial charge is 0.192 e. The second kappa shape index (κ2) is 5.45. The minimum atomic E-state index is -0.632. The number of carbonyl (C=O) groups excluding carboxylic acids is 1. The van der Waals surface area contributed by atoms with Gasteiger partial charge in [-0.3, -0.25) is 4.79 Å². The summed E-state index contributed by atoms with van der Waals surface area (Å²) in [6.07, 6.45) is 2.94. The third-order valence-corrected chi connectivity index (χ3v) is 2.22. The van der Waals surface area contributed by atoms with Gasteiger partial charge in [0.15, 0.2) is 5.12 Å². The van der Waals surface area contributed by atoms with Gasteiger partial charge in [-0.15, -0.1) is 0 Å². The molecule has 0 bridgehead atoms. The molecule has 2 nitrogen and oxygen atoms in total. The van der Waals surface area contributed by atoms with Gasteiger partial charge < -0.3 is 5.11 Å². The lowest BCUT2D eigenvalue weighted by Gasteiger charge is -2.16. The molecule has 0 saturated heterocycles. The second-order valence-corrected chi connectivity index (χ2v) is 5.77.